The molecule has 0 aromatic carbocycles. The van der Waals surface area contributed by atoms with Gasteiger partial charge in [-0.1, -0.05) is 18.2 Å². The SMILES string of the molecule is C=C(Cl)CNCCc1scnc1C. The molecule has 0 aliphatic heterocycles. The summed E-state index contributed by atoms with van der Waals surface area (Å²) in [6.45, 7) is 7.24. The lowest BCUT2D eigenvalue weighted by Crippen LogP contribution is -2.18. The maximum Gasteiger partial charge on any atom is 0.0797 e. The Hall–Kier alpha value is -0.380. The van der Waals surface area contributed by atoms with Crippen molar-refractivity contribution in [3.8, 4) is 0 Å². The van der Waals surface area contributed by atoms with Gasteiger partial charge in [0.15, 0.2) is 0 Å². The summed E-state index contributed by atoms with van der Waals surface area (Å²) in [4.78, 5) is 5.52. The van der Waals surface area contributed by atoms with Crippen LogP contribution < -0.4 is 5.32 Å². The number of halogens is 1. The van der Waals surface area contributed by atoms with Crippen molar-refractivity contribution in [3.05, 3.63) is 27.7 Å². The van der Waals surface area contributed by atoms with Crippen molar-refractivity contribution in [2.24, 2.45) is 0 Å². The molecule has 0 fully saturated rings. The van der Waals surface area contributed by atoms with E-state index in [0.29, 0.717) is 11.6 Å². The van der Waals surface area contributed by atoms with Crippen molar-refractivity contribution in [3.63, 3.8) is 0 Å². The average Bonchev–Trinajstić information content (AvgIpc) is 2.45. The van der Waals surface area contributed by atoms with Crippen LogP contribution in [0, 0.1) is 6.92 Å². The van der Waals surface area contributed by atoms with Gasteiger partial charge in [-0.25, -0.2) is 4.98 Å². The van der Waals surface area contributed by atoms with Crippen molar-refractivity contribution in [1.82, 2.24) is 10.3 Å². The first-order valence-corrected chi connectivity index (χ1v) is 5.39. The summed E-state index contributed by atoms with van der Waals surface area (Å²) >= 11 is 7.30. The fourth-order valence-electron chi connectivity index (χ4n) is 0.992. The van der Waals surface area contributed by atoms with Crippen molar-refractivity contribution in [2.45, 2.75) is 13.3 Å². The van der Waals surface area contributed by atoms with Gasteiger partial charge in [-0.2, -0.15) is 0 Å². The summed E-state index contributed by atoms with van der Waals surface area (Å²) in [6, 6.07) is 0. The minimum Gasteiger partial charge on any atom is -0.311 e. The van der Waals surface area contributed by atoms with Gasteiger partial charge < -0.3 is 5.32 Å². The van der Waals surface area contributed by atoms with E-state index in [-0.39, 0.29) is 0 Å². The summed E-state index contributed by atoms with van der Waals surface area (Å²) in [7, 11) is 0. The zero-order chi connectivity index (χ0) is 9.68. The molecule has 0 bridgehead atoms. The molecule has 1 rings (SSSR count). The fraction of sp³-hybridized carbons (Fsp3) is 0.444. The van der Waals surface area contributed by atoms with Gasteiger partial charge in [-0.3, -0.25) is 0 Å². The van der Waals surface area contributed by atoms with Gasteiger partial charge >= 0.3 is 0 Å². The van der Waals surface area contributed by atoms with Crippen LogP contribution in [0.5, 0.6) is 0 Å². The van der Waals surface area contributed by atoms with E-state index < -0.39 is 0 Å². The first kappa shape index (κ1) is 10.7. The Labute approximate surface area is 87.6 Å². The van der Waals surface area contributed by atoms with Crippen LogP contribution in [0.25, 0.3) is 0 Å². The normalized spacial score (nSPS) is 10.3. The number of rotatable bonds is 5. The topological polar surface area (TPSA) is 24.9 Å². The van der Waals surface area contributed by atoms with E-state index in [4.69, 9.17) is 11.6 Å². The Bertz CT molecular complexity index is 283. The van der Waals surface area contributed by atoms with E-state index in [2.05, 4.69) is 16.9 Å². The highest BCUT2D eigenvalue weighted by molar-refractivity contribution is 7.09. The molecule has 1 aromatic heterocycles. The molecule has 1 heterocycles. The van der Waals surface area contributed by atoms with Crippen molar-refractivity contribution in [2.75, 3.05) is 13.1 Å². The molecular formula is C9H13ClN2S. The molecule has 72 valence electrons. The summed E-state index contributed by atoms with van der Waals surface area (Å²) in [5, 5.41) is 3.85. The van der Waals surface area contributed by atoms with Crippen LogP contribution in [0.4, 0.5) is 0 Å². The number of aryl methyl sites for hydroxylation is 1. The summed E-state index contributed by atoms with van der Waals surface area (Å²) in [6.07, 6.45) is 1.01. The first-order chi connectivity index (χ1) is 6.20. The molecular weight excluding hydrogens is 204 g/mol. The molecule has 0 saturated carbocycles. The van der Waals surface area contributed by atoms with Crippen LogP contribution in [-0.4, -0.2) is 18.1 Å². The molecule has 0 aliphatic rings. The van der Waals surface area contributed by atoms with Gasteiger partial charge in [-0.05, 0) is 13.3 Å². The van der Waals surface area contributed by atoms with Gasteiger partial charge in [0.1, 0.15) is 0 Å². The minimum absolute atomic E-state index is 0.654. The molecule has 0 aliphatic carbocycles. The van der Waals surface area contributed by atoms with E-state index in [0.717, 1.165) is 18.7 Å². The molecule has 0 spiro atoms. The van der Waals surface area contributed by atoms with E-state index in [1.54, 1.807) is 11.3 Å². The van der Waals surface area contributed by atoms with E-state index in [9.17, 15) is 0 Å². The molecule has 4 heteroatoms. The maximum atomic E-state index is 5.60. The summed E-state index contributed by atoms with van der Waals surface area (Å²) in [5.74, 6) is 0. The van der Waals surface area contributed by atoms with Gasteiger partial charge in [0.05, 0.1) is 11.2 Å². The van der Waals surface area contributed by atoms with Gasteiger partial charge in [0.2, 0.25) is 0 Å². The van der Waals surface area contributed by atoms with Crippen LogP contribution >= 0.6 is 22.9 Å². The predicted octanol–water partition coefficient (Wildman–Crippen LogP) is 2.34. The van der Waals surface area contributed by atoms with E-state index >= 15 is 0 Å². The van der Waals surface area contributed by atoms with Crippen molar-refractivity contribution < 1.29 is 0 Å². The van der Waals surface area contributed by atoms with Gasteiger partial charge in [0.25, 0.3) is 0 Å². The van der Waals surface area contributed by atoms with Crippen LogP contribution in [0.1, 0.15) is 10.6 Å². The molecule has 0 amide bonds. The second-order valence-corrected chi connectivity index (χ2v) is 4.28. The quantitative estimate of drug-likeness (QED) is 0.765. The number of hydrogen-bond acceptors (Lipinski definition) is 3. The molecule has 0 saturated heterocycles. The van der Waals surface area contributed by atoms with E-state index in [1.165, 1.54) is 4.88 Å². The van der Waals surface area contributed by atoms with Crippen LogP contribution in [-0.2, 0) is 6.42 Å². The van der Waals surface area contributed by atoms with Crippen LogP contribution in [0.2, 0.25) is 0 Å². The third-order valence-corrected chi connectivity index (χ3v) is 2.82. The monoisotopic (exact) mass is 216 g/mol. The lowest BCUT2D eigenvalue weighted by Gasteiger charge is -2.01. The molecule has 1 aromatic rings. The molecule has 2 nitrogen and oxygen atoms in total. The molecule has 13 heavy (non-hydrogen) atoms. The van der Waals surface area contributed by atoms with Crippen molar-refractivity contribution >= 4 is 22.9 Å². The highest BCUT2D eigenvalue weighted by Gasteiger charge is 1.99. The molecule has 0 radical (unpaired) electrons. The first-order valence-electron chi connectivity index (χ1n) is 4.13. The number of aromatic nitrogens is 1. The van der Waals surface area contributed by atoms with Gasteiger partial charge in [0, 0.05) is 23.0 Å². The zero-order valence-corrected chi connectivity index (χ0v) is 9.21. The number of nitrogens with zero attached hydrogens (tertiary/aromatic N) is 1. The Kier molecular flexibility index (Phi) is 4.42. The van der Waals surface area contributed by atoms with Gasteiger partial charge in [-0.15, -0.1) is 11.3 Å². The average molecular weight is 217 g/mol. The molecule has 0 unspecified atom stereocenters. The minimum atomic E-state index is 0.654. The number of hydrogen-bond donors (Lipinski definition) is 1. The summed E-state index contributed by atoms with van der Waals surface area (Å²) < 4.78 is 0. The Morgan fingerprint density at radius 1 is 1.77 bits per heavy atom. The zero-order valence-electron chi connectivity index (χ0n) is 7.64. The largest absolute Gasteiger partial charge is 0.311 e. The van der Waals surface area contributed by atoms with Crippen molar-refractivity contribution in [1.29, 1.82) is 0 Å². The second kappa shape index (κ2) is 5.37. The van der Waals surface area contributed by atoms with E-state index in [1.807, 2.05) is 12.4 Å². The Morgan fingerprint density at radius 3 is 3.08 bits per heavy atom. The third kappa shape index (κ3) is 3.89. The lowest BCUT2D eigenvalue weighted by molar-refractivity contribution is 0.743. The molecule has 0 atom stereocenters. The second-order valence-electron chi connectivity index (χ2n) is 2.80. The van der Waals surface area contributed by atoms with Crippen LogP contribution in [0.3, 0.4) is 0 Å². The fourth-order valence-corrected chi connectivity index (χ4v) is 1.87. The van der Waals surface area contributed by atoms with Crippen LogP contribution in [0.15, 0.2) is 17.1 Å². The maximum absolute atomic E-state index is 5.60. The highest BCUT2D eigenvalue weighted by Crippen LogP contribution is 2.11. The Morgan fingerprint density at radius 2 is 2.54 bits per heavy atom. The number of thiazole rings is 1. The lowest BCUT2D eigenvalue weighted by atomic mass is 10.3. The molecule has 1 N–H and O–H groups in total. The highest BCUT2D eigenvalue weighted by atomic mass is 35.5. The smallest absolute Gasteiger partial charge is 0.0797 e. The standard InChI is InChI=1S/C9H13ClN2S/c1-7(10)5-11-4-3-9-8(2)12-6-13-9/h6,11H,1,3-5H2,2H3. The summed E-state index contributed by atoms with van der Waals surface area (Å²) in [5.41, 5.74) is 3.02. The Balaban J connectivity index is 2.20. The number of nitrogens with one attached hydrogen (secondary N) is 1. The third-order valence-electron chi connectivity index (χ3n) is 1.69. The predicted molar refractivity (Wildman–Crippen MR) is 58.4 cm³/mol.